The summed E-state index contributed by atoms with van der Waals surface area (Å²) in [6.07, 6.45) is 1.58. The molecule has 32 heavy (non-hydrogen) atoms. The number of nitrogens with zero attached hydrogens (tertiary/aromatic N) is 2. The van der Waals surface area contributed by atoms with Crippen LogP contribution in [0.25, 0.3) is 0 Å². The second kappa shape index (κ2) is 9.65. The molecule has 2 aromatic carbocycles. The van der Waals surface area contributed by atoms with Crippen molar-refractivity contribution in [2.24, 2.45) is 0 Å². The molecule has 0 bridgehead atoms. The fourth-order valence-electron chi connectivity index (χ4n) is 4.39. The normalized spacial score (nSPS) is 16.8. The number of anilines is 1. The number of amides is 2. The van der Waals surface area contributed by atoms with Gasteiger partial charge in [-0.15, -0.1) is 0 Å². The molecule has 1 fully saturated rings. The van der Waals surface area contributed by atoms with Crippen molar-refractivity contribution < 1.29 is 27.8 Å². The van der Waals surface area contributed by atoms with Gasteiger partial charge in [0.1, 0.15) is 24.0 Å². The zero-order valence-corrected chi connectivity index (χ0v) is 18.0. The summed E-state index contributed by atoms with van der Waals surface area (Å²) >= 11 is 0. The third-order valence-corrected chi connectivity index (χ3v) is 6.03. The quantitative estimate of drug-likeness (QED) is 0.640. The van der Waals surface area contributed by atoms with Gasteiger partial charge in [-0.1, -0.05) is 0 Å². The highest BCUT2D eigenvalue weighted by molar-refractivity contribution is 5.97. The van der Waals surface area contributed by atoms with E-state index in [9.17, 15) is 18.4 Å². The Kier molecular flexibility index (Phi) is 6.69. The summed E-state index contributed by atoms with van der Waals surface area (Å²) in [4.78, 5) is 28.8. The Labute approximate surface area is 185 Å². The highest BCUT2D eigenvalue weighted by Crippen LogP contribution is 2.35. The Bertz CT molecular complexity index is 988. The van der Waals surface area contributed by atoms with Gasteiger partial charge in [-0.3, -0.25) is 9.59 Å². The minimum atomic E-state index is -0.691. The van der Waals surface area contributed by atoms with Gasteiger partial charge >= 0.3 is 0 Å². The molecule has 0 unspecified atom stereocenters. The van der Waals surface area contributed by atoms with E-state index >= 15 is 0 Å². The van der Waals surface area contributed by atoms with Crippen LogP contribution in [0.3, 0.4) is 0 Å². The van der Waals surface area contributed by atoms with E-state index in [1.54, 1.807) is 41.2 Å². The molecule has 0 N–H and O–H groups in total. The summed E-state index contributed by atoms with van der Waals surface area (Å²) in [7, 11) is 1.60. The number of piperidine rings is 1. The van der Waals surface area contributed by atoms with Crippen LogP contribution in [-0.2, 0) is 16.0 Å². The molecule has 170 valence electrons. The lowest BCUT2D eigenvalue weighted by atomic mass is 9.94. The number of methoxy groups -OCH3 is 1. The first-order valence-corrected chi connectivity index (χ1v) is 10.8. The van der Waals surface area contributed by atoms with Crippen molar-refractivity contribution in [3.05, 3.63) is 59.2 Å². The first-order valence-electron chi connectivity index (χ1n) is 10.8. The van der Waals surface area contributed by atoms with Gasteiger partial charge < -0.3 is 19.3 Å². The van der Waals surface area contributed by atoms with Gasteiger partial charge in [-0.05, 0) is 49.6 Å². The fraction of sp³-hybridized carbons (Fsp3) is 0.417. The average molecular weight is 444 g/mol. The third kappa shape index (κ3) is 4.60. The van der Waals surface area contributed by atoms with Crippen molar-refractivity contribution >= 4 is 17.5 Å². The lowest BCUT2D eigenvalue weighted by Crippen LogP contribution is -2.50. The number of likely N-dealkylation sites (tertiary alicyclic amines) is 1. The van der Waals surface area contributed by atoms with Crippen molar-refractivity contribution in [2.75, 3.05) is 38.3 Å². The zero-order valence-electron chi connectivity index (χ0n) is 18.0. The maximum atomic E-state index is 14.2. The molecule has 6 nitrogen and oxygen atoms in total. The topological polar surface area (TPSA) is 59.1 Å². The van der Waals surface area contributed by atoms with Crippen LogP contribution in [0.5, 0.6) is 5.75 Å². The predicted molar refractivity (Wildman–Crippen MR) is 115 cm³/mol. The summed E-state index contributed by atoms with van der Waals surface area (Å²) in [5, 5.41) is 0. The van der Waals surface area contributed by atoms with Crippen LogP contribution in [0.2, 0.25) is 0 Å². The number of halogens is 2. The molecule has 2 aliphatic heterocycles. The SMILES string of the molecule is COCCOc1ccc(C(=O)N2CCC(N3C(=O)CCc4c(F)cc(F)cc43)CC2)cc1. The molecule has 0 spiro atoms. The molecule has 0 aliphatic carbocycles. The molecule has 0 radical (unpaired) electrons. The maximum Gasteiger partial charge on any atom is 0.253 e. The monoisotopic (exact) mass is 444 g/mol. The number of ether oxygens (including phenoxy) is 2. The van der Waals surface area contributed by atoms with Crippen LogP contribution in [0, 0.1) is 11.6 Å². The van der Waals surface area contributed by atoms with Crippen LogP contribution in [0.1, 0.15) is 35.2 Å². The van der Waals surface area contributed by atoms with E-state index in [1.165, 1.54) is 6.07 Å². The van der Waals surface area contributed by atoms with Crippen molar-refractivity contribution in [3.8, 4) is 5.75 Å². The van der Waals surface area contributed by atoms with Gasteiger partial charge in [-0.25, -0.2) is 8.78 Å². The lowest BCUT2D eigenvalue weighted by molar-refractivity contribution is -0.119. The Morgan fingerprint density at radius 2 is 1.78 bits per heavy atom. The molecular formula is C24H26F2N2O4. The third-order valence-electron chi connectivity index (χ3n) is 6.03. The van der Waals surface area contributed by atoms with Gasteiger partial charge in [0.15, 0.2) is 0 Å². The lowest BCUT2D eigenvalue weighted by Gasteiger charge is -2.41. The first-order chi connectivity index (χ1) is 15.5. The molecule has 2 amide bonds. The van der Waals surface area contributed by atoms with Crippen molar-refractivity contribution in [1.29, 1.82) is 0 Å². The fourth-order valence-corrected chi connectivity index (χ4v) is 4.39. The maximum absolute atomic E-state index is 14.2. The van der Waals surface area contributed by atoms with Crippen LogP contribution in [-0.4, -0.2) is 56.2 Å². The number of hydrogen-bond donors (Lipinski definition) is 0. The summed E-state index contributed by atoms with van der Waals surface area (Å²) in [6, 6.07) is 8.87. The zero-order chi connectivity index (χ0) is 22.7. The minimum absolute atomic E-state index is 0.0886. The van der Waals surface area contributed by atoms with Crippen LogP contribution in [0.4, 0.5) is 14.5 Å². The summed E-state index contributed by atoms with van der Waals surface area (Å²) in [5.74, 6) is -0.854. The van der Waals surface area contributed by atoms with E-state index < -0.39 is 11.6 Å². The Morgan fingerprint density at radius 3 is 2.47 bits per heavy atom. The van der Waals surface area contributed by atoms with E-state index in [1.807, 2.05) is 0 Å². The molecule has 1 saturated heterocycles. The molecule has 0 saturated carbocycles. The Balaban J connectivity index is 1.40. The van der Waals surface area contributed by atoms with Gasteiger partial charge in [-0.2, -0.15) is 0 Å². The summed E-state index contributed by atoms with van der Waals surface area (Å²) < 4.78 is 38.5. The van der Waals surface area contributed by atoms with Crippen LogP contribution in [0.15, 0.2) is 36.4 Å². The molecule has 0 aromatic heterocycles. The number of rotatable bonds is 6. The average Bonchev–Trinajstić information content (AvgIpc) is 2.79. The summed E-state index contributed by atoms with van der Waals surface area (Å²) in [6.45, 7) is 1.85. The van der Waals surface area contributed by atoms with Gasteiger partial charge in [0.05, 0.1) is 12.3 Å². The highest BCUT2D eigenvalue weighted by Gasteiger charge is 2.35. The highest BCUT2D eigenvalue weighted by atomic mass is 19.1. The second-order valence-corrected chi connectivity index (χ2v) is 8.04. The first kappa shape index (κ1) is 22.2. The predicted octanol–water partition coefficient (Wildman–Crippen LogP) is 3.57. The smallest absolute Gasteiger partial charge is 0.253 e. The van der Waals surface area contributed by atoms with E-state index in [0.717, 1.165) is 6.07 Å². The van der Waals surface area contributed by atoms with E-state index in [4.69, 9.17) is 9.47 Å². The number of hydrogen-bond acceptors (Lipinski definition) is 4. The van der Waals surface area contributed by atoms with Crippen molar-refractivity contribution in [3.63, 3.8) is 0 Å². The molecule has 2 aliphatic rings. The molecular weight excluding hydrogens is 418 g/mol. The molecule has 0 atom stereocenters. The van der Waals surface area contributed by atoms with Gasteiger partial charge in [0, 0.05) is 49.9 Å². The number of carbonyl (C=O) groups excluding carboxylic acids is 2. The Hall–Kier alpha value is -3.00. The largest absolute Gasteiger partial charge is 0.491 e. The number of carbonyl (C=O) groups is 2. The van der Waals surface area contributed by atoms with Gasteiger partial charge in [0.25, 0.3) is 5.91 Å². The number of benzene rings is 2. The van der Waals surface area contributed by atoms with Crippen molar-refractivity contribution in [2.45, 2.75) is 31.7 Å². The standard InChI is InChI=1S/C24H26F2N2O4/c1-31-12-13-32-19-4-2-16(3-5-19)24(30)27-10-8-18(9-11-27)28-22-15-17(25)14-21(26)20(22)6-7-23(28)29/h2-5,14-15,18H,6-13H2,1H3. The Morgan fingerprint density at radius 1 is 1.06 bits per heavy atom. The van der Waals surface area contributed by atoms with E-state index in [2.05, 4.69) is 0 Å². The molecule has 2 heterocycles. The van der Waals surface area contributed by atoms with Crippen LogP contribution >= 0.6 is 0 Å². The van der Waals surface area contributed by atoms with Crippen molar-refractivity contribution in [1.82, 2.24) is 4.90 Å². The molecule has 8 heteroatoms. The van der Waals surface area contributed by atoms with Crippen LogP contribution < -0.4 is 9.64 Å². The second-order valence-electron chi connectivity index (χ2n) is 8.04. The van der Waals surface area contributed by atoms with Gasteiger partial charge in [0.2, 0.25) is 5.91 Å². The molecule has 4 rings (SSSR count). The van der Waals surface area contributed by atoms with E-state index in [-0.39, 0.29) is 30.7 Å². The minimum Gasteiger partial charge on any atom is -0.491 e. The van der Waals surface area contributed by atoms with E-state index in [0.29, 0.717) is 61.7 Å². The summed E-state index contributed by atoms with van der Waals surface area (Å²) in [5.41, 5.74) is 1.27. The molecule has 2 aromatic rings. The number of fused-ring (bicyclic) bond motifs is 1.